The van der Waals surface area contributed by atoms with Crippen LogP contribution in [0, 0.1) is 13.8 Å². The molecule has 0 aliphatic carbocycles. The first-order valence-corrected chi connectivity index (χ1v) is 11.3. The average Bonchev–Trinajstić information content (AvgIpc) is 3.18. The van der Waals surface area contributed by atoms with Gasteiger partial charge in [-0.3, -0.25) is 9.59 Å². The summed E-state index contributed by atoms with van der Waals surface area (Å²) in [5.74, 6) is 0.134. The number of aromatic nitrogens is 2. The quantitative estimate of drug-likeness (QED) is 0.416. The van der Waals surface area contributed by atoms with Crippen LogP contribution in [0.5, 0.6) is 0 Å². The van der Waals surface area contributed by atoms with Crippen molar-refractivity contribution >= 4 is 17.6 Å². The summed E-state index contributed by atoms with van der Waals surface area (Å²) in [5.41, 5.74) is 5.10. The zero-order valence-electron chi connectivity index (χ0n) is 19.7. The molecule has 0 saturated heterocycles. The largest absolute Gasteiger partial charge is 0.330 e. The molecule has 3 aromatic carbocycles. The smallest absolute Gasteiger partial charge is 0.254 e. The van der Waals surface area contributed by atoms with Crippen LogP contribution in [0.4, 0.5) is 5.82 Å². The Morgan fingerprint density at radius 3 is 2.15 bits per heavy atom. The Bertz CT molecular complexity index is 1300. The van der Waals surface area contributed by atoms with E-state index >= 15 is 0 Å². The monoisotopic (exact) mass is 452 g/mol. The third-order valence-electron chi connectivity index (χ3n) is 5.75. The lowest BCUT2D eigenvalue weighted by Crippen LogP contribution is -2.38. The van der Waals surface area contributed by atoms with E-state index in [0.29, 0.717) is 17.9 Å². The summed E-state index contributed by atoms with van der Waals surface area (Å²) < 4.78 is 1.78. The number of rotatable bonds is 7. The average molecular weight is 453 g/mol. The second kappa shape index (κ2) is 10.2. The Morgan fingerprint density at radius 1 is 0.882 bits per heavy atom. The summed E-state index contributed by atoms with van der Waals surface area (Å²) >= 11 is 0. The van der Waals surface area contributed by atoms with Crippen LogP contribution in [0.3, 0.4) is 0 Å². The lowest BCUT2D eigenvalue weighted by molar-refractivity contribution is -0.116. The maximum absolute atomic E-state index is 13.2. The van der Waals surface area contributed by atoms with Crippen LogP contribution in [-0.4, -0.2) is 39.6 Å². The molecule has 0 unspecified atom stereocenters. The molecular formula is C28H28N4O2. The molecule has 4 rings (SSSR count). The molecule has 0 spiro atoms. The molecule has 0 fully saturated rings. The molecule has 1 N–H and O–H groups in total. The normalized spacial score (nSPS) is 10.7. The lowest BCUT2D eigenvalue weighted by Gasteiger charge is -2.21. The third kappa shape index (κ3) is 4.76. The Kier molecular flexibility index (Phi) is 6.87. The molecule has 2 amide bonds. The molecule has 172 valence electrons. The van der Waals surface area contributed by atoms with Crippen LogP contribution in [0.1, 0.15) is 28.5 Å². The van der Waals surface area contributed by atoms with Crippen molar-refractivity contribution < 1.29 is 9.59 Å². The number of anilines is 1. The topological polar surface area (TPSA) is 67.2 Å². The minimum atomic E-state index is -0.280. The van der Waals surface area contributed by atoms with Gasteiger partial charge in [0, 0.05) is 17.7 Å². The van der Waals surface area contributed by atoms with E-state index in [4.69, 9.17) is 5.10 Å². The number of carbonyl (C=O) groups is 2. The summed E-state index contributed by atoms with van der Waals surface area (Å²) in [6.07, 6.45) is 0. The van der Waals surface area contributed by atoms with Crippen molar-refractivity contribution in [2.45, 2.75) is 20.8 Å². The number of nitrogens with one attached hydrogen (secondary N) is 1. The van der Waals surface area contributed by atoms with Crippen molar-refractivity contribution in [1.29, 1.82) is 0 Å². The third-order valence-corrected chi connectivity index (χ3v) is 5.75. The molecule has 0 aliphatic rings. The van der Waals surface area contributed by atoms with Gasteiger partial charge in [0.1, 0.15) is 12.4 Å². The number of aryl methyl sites for hydroxylation is 2. The molecule has 6 heteroatoms. The standard InChI is InChI=1S/C28H28N4O2/c1-4-31(28(34)23-16-9-6-10-17-23)19-25(33)29-27-26(22-14-7-5-8-15-22)21(3)30-32(27)24-18-12-11-13-20(24)2/h5-18H,4,19H2,1-3H3,(H,29,33). The molecular weight excluding hydrogens is 424 g/mol. The molecule has 1 heterocycles. The predicted octanol–water partition coefficient (Wildman–Crippen LogP) is 5.26. The van der Waals surface area contributed by atoms with Gasteiger partial charge in [0.2, 0.25) is 5.91 Å². The van der Waals surface area contributed by atoms with Crippen molar-refractivity contribution in [3.05, 3.63) is 102 Å². The lowest BCUT2D eigenvalue weighted by atomic mass is 10.1. The minimum Gasteiger partial charge on any atom is -0.330 e. The number of hydrogen-bond donors (Lipinski definition) is 1. The van der Waals surface area contributed by atoms with E-state index in [-0.39, 0.29) is 18.4 Å². The fraction of sp³-hybridized carbons (Fsp3) is 0.179. The number of likely N-dealkylation sites (N-methyl/N-ethyl adjacent to an activating group) is 1. The van der Waals surface area contributed by atoms with Crippen LogP contribution in [-0.2, 0) is 4.79 Å². The Morgan fingerprint density at radius 2 is 1.50 bits per heavy atom. The molecule has 0 saturated carbocycles. The van der Waals surface area contributed by atoms with Crippen molar-refractivity contribution in [1.82, 2.24) is 14.7 Å². The Balaban J connectivity index is 1.69. The van der Waals surface area contributed by atoms with E-state index in [1.54, 1.807) is 16.8 Å². The SMILES string of the molecule is CCN(CC(=O)Nc1c(-c2ccccc2)c(C)nn1-c1ccccc1C)C(=O)c1ccccc1. The maximum atomic E-state index is 13.2. The molecule has 0 radical (unpaired) electrons. The van der Waals surface area contributed by atoms with Crippen LogP contribution in [0.15, 0.2) is 84.9 Å². The second-order valence-corrected chi connectivity index (χ2v) is 8.11. The molecule has 0 atom stereocenters. The van der Waals surface area contributed by atoms with Crippen molar-refractivity contribution in [2.24, 2.45) is 0 Å². The van der Waals surface area contributed by atoms with Crippen LogP contribution >= 0.6 is 0 Å². The Labute approximate surface area is 199 Å². The summed E-state index contributed by atoms with van der Waals surface area (Å²) in [4.78, 5) is 27.7. The number of nitrogens with zero attached hydrogens (tertiary/aromatic N) is 3. The number of para-hydroxylation sites is 1. The zero-order chi connectivity index (χ0) is 24.1. The van der Waals surface area contributed by atoms with Gasteiger partial charge in [-0.25, -0.2) is 4.68 Å². The first-order chi connectivity index (χ1) is 16.5. The Hall–Kier alpha value is -4.19. The van der Waals surface area contributed by atoms with Gasteiger partial charge >= 0.3 is 0 Å². The van der Waals surface area contributed by atoms with Gasteiger partial charge in [0.05, 0.1) is 11.4 Å². The summed E-state index contributed by atoms with van der Waals surface area (Å²) in [5, 5.41) is 7.84. The van der Waals surface area contributed by atoms with Crippen molar-refractivity contribution in [2.75, 3.05) is 18.4 Å². The molecule has 6 nitrogen and oxygen atoms in total. The first kappa shape index (κ1) is 23.0. The number of amides is 2. The summed E-state index contributed by atoms with van der Waals surface area (Å²) in [6, 6.07) is 26.8. The first-order valence-electron chi connectivity index (χ1n) is 11.3. The number of carbonyl (C=O) groups excluding carboxylic acids is 2. The highest BCUT2D eigenvalue weighted by Crippen LogP contribution is 2.34. The van der Waals surface area contributed by atoms with Gasteiger partial charge in [-0.15, -0.1) is 0 Å². The summed E-state index contributed by atoms with van der Waals surface area (Å²) in [6.45, 7) is 6.17. The van der Waals surface area contributed by atoms with Gasteiger partial charge < -0.3 is 10.2 Å². The molecule has 1 aromatic heterocycles. The van der Waals surface area contributed by atoms with Crippen molar-refractivity contribution in [3.8, 4) is 16.8 Å². The highest BCUT2D eigenvalue weighted by atomic mass is 16.2. The van der Waals surface area contributed by atoms with Gasteiger partial charge in [-0.2, -0.15) is 5.10 Å². The van der Waals surface area contributed by atoms with E-state index in [9.17, 15) is 9.59 Å². The van der Waals surface area contributed by atoms with E-state index < -0.39 is 0 Å². The number of hydrogen-bond acceptors (Lipinski definition) is 3. The van der Waals surface area contributed by atoms with Gasteiger partial charge in [-0.05, 0) is 50.1 Å². The van der Waals surface area contributed by atoms with Crippen LogP contribution < -0.4 is 5.32 Å². The van der Waals surface area contributed by atoms with E-state index in [1.807, 2.05) is 93.6 Å². The van der Waals surface area contributed by atoms with Crippen LogP contribution in [0.2, 0.25) is 0 Å². The van der Waals surface area contributed by atoms with Gasteiger partial charge in [0.25, 0.3) is 5.91 Å². The van der Waals surface area contributed by atoms with Crippen molar-refractivity contribution in [3.63, 3.8) is 0 Å². The van der Waals surface area contributed by atoms with E-state index in [1.165, 1.54) is 4.90 Å². The van der Waals surface area contributed by atoms with Gasteiger partial charge in [-0.1, -0.05) is 66.7 Å². The predicted molar refractivity (Wildman–Crippen MR) is 135 cm³/mol. The minimum absolute atomic E-state index is 0.0591. The fourth-order valence-corrected chi connectivity index (χ4v) is 4.00. The highest BCUT2D eigenvalue weighted by molar-refractivity contribution is 6.01. The zero-order valence-corrected chi connectivity index (χ0v) is 19.7. The fourth-order valence-electron chi connectivity index (χ4n) is 4.00. The van der Waals surface area contributed by atoms with Crippen LogP contribution in [0.25, 0.3) is 16.8 Å². The molecule has 0 bridgehead atoms. The molecule has 4 aromatic rings. The van der Waals surface area contributed by atoms with E-state index in [0.717, 1.165) is 28.1 Å². The highest BCUT2D eigenvalue weighted by Gasteiger charge is 2.23. The van der Waals surface area contributed by atoms with Gasteiger partial charge in [0.15, 0.2) is 0 Å². The second-order valence-electron chi connectivity index (χ2n) is 8.11. The maximum Gasteiger partial charge on any atom is 0.254 e. The summed E-state index contributed by atoms with van der Waals surface area (Å²) in [7, 11) is 0. The molecule has 34 heavy (non-hydrogen) atoms. The van der Waals surface area contributed by atoms with E-state index in [2.05, 4.69) is 5.32 Å². The molecule has 0 aliphatic heterocycles. The number of benzene rings is 3.